The summed E-state index contributed by atoms with van der Waals surface area (Å²) in [6.07, 6.45) is 1.59. The van der Waals surface area contributed by atoms with E-state index in [2.05, 4.69) is 20.5 Å². The third kappa shape index (κ3) is 3.37. The predicted octanol–water partition coefficient (Wildman–Crippen LogP) is 2.27. The molecule has 8 nitrogen and oxygen atoms in total. The fourth-order valence-corrected chi connectivity index (χ4v) is 3.51. The molecule has 0 spiro atoms. The molecule has 0 saturated heterocycles. The van der Waals surface area contributed by atoms with Gasteiger partial charge in [0.15, 0.2) is 11.0 Å². The minimum Gasteiger partial charge on any atom is -0.469 e. The van der Waals surface area contributed by atoms with Gasteiger partial charge >= 0.3 is 0 Å². The van der Waals surface area contributed by atoms with Crippen LogP contribution < -0.4 is 11.2 Å². The van der Waals surface area contributed by atoms with Crippen LogP contribution in [-0.2, 0) is 10.5 Å². The van der Waals surface area contributed by atoms with Gasteiger partial charge in [-0.05, 0) is 13.0 Å². The van der Waals surface area contributed by atoms with E-state index in [9.17, 15) is 4.79 Å². The summed E-state index contributed by atoms with van der Waals surface area (Å²) in [5.41, 5.74) is 1.65. The first-order valence-electron chi connectivity index (χ1n) is 6.64. The van der Waals surface area contributed by atoms with E-state index in [4.69, 9.17) is 10.3 Å². The number of nitrogens with one attached hydrogen (secondary N) is 1. The molecular formula is C13H14N6O2S2. The summed E-state index contributed by atoms with van der Waals surface area (Å²) in [6.45, 7) is 3.29. The molecule has 0 aromatic carbocycles. The summed E-state index contributed by atoms with van der Waals surface area (Å²) in [5.74, 6) is 7.78. The van der Waals surface area contributed by atoms with Crippen LogP contribution in [0.1, 0.15) is 18.4 Å². The quantitative estimate of drug-likeness (QED) is 0.536. The van der Waals surface area contributed by atoms with Crippen molar-refractivity contribution in [3.63, 3.8) is 0 Å². The molecule has 0 saturated carbocycles. The third-order valence-corrected chi connectivity index (χ3v) is 4.73. The number of carbonyl (C=O) groups is 1. The van der Waals surface area contributed by atoms with Crippen LogP contribution in [0.25, 0.3) is 11.4 Å². The van der Waals surface area contributed by atoms with Crippen LogP contribution in [0.5, 0.6) is 0 Å². The van der Waals surface area contributed by atoms with Crippen LogP contribution in [0.2, 0.25) is 0 Å². The minimum absolute atomic E-state index is 0.139. The maximum atomic E-state index is 11.0. The summed E-state index contributed by atoms with van der Waals surface area (Å²) in [6, 6.07) is 1.80. The molecule has 0 bridgehead atoms. The number of hydrogen-bond donors (Lipinski definition) is 2. The molecule has 0 aliphatic carbocycles. The van der Waals surface area contributed by atoms with E-state index in [0.29, 0.717) is 21.9 Å². The lowest BCUT2D eigenvalue weighted by molar-refractivity contribution is -0.114. The van der Waals surface area contributed by atoms with Crippen molar-refractivity contribution in [1.82, 2.24) is 19.9 Å². The van der Waals surface area contributed by atoms with Crippen molar-refractivity contribution >= 4 is 34.1 Å². The van der Waals surface area contributed by atoms with E-state index < -0.39 is 0 Å². The number of nitrogens with two attached hydrogens (primary N) is 1. The maximum absolute atomic E-state index is 11.0. The second-order valence-corrected chi connectivity index (χ2v) is 6.48. The van der Waals surface area contributed by atoms with Gasteiger partial charge in [0.05, 0.1) is 17.5 Å². The largest absolute Gasteiger partial charge is 0.469 e. The molecule has 3 N–H and O–H groups in total. The first-order chi connectivity index (χ1) is 11.0. The topological polar surface area (TPSA) is 112 Å². The van der Waals surface area contributed by atoms with Crippen LogP contribution in [0.4, 0.5) is 5.13 Å². The van der Waals surface area contributed by atoms with E-state index in [1.807, 2.05) is 12.3 Å². The Hall–Kier alpha value is -2.33. The zero-order chi connectivity index (χ0) is 16.4. The second kappa shape index (κ2) is 6.42. The molecule has 0 unspecified atom stereocenters. The van der Waals surface area contributed by atoms with Gasteiger partial charge in [-0.15, -0.1) is 21.5 Å². The molecule has 0 atom stereocenters. The number of thiazole rings is 1. The SMILES string of the molecule is CC(=O)Nc1nc(CSc2nnc(-c3ccoc3C)n2N)cs1. The fraction of sp³-hybridized carbons (Fsp3) is 0.231. The highest BCUT2D eigenvalue weighted by molar-refractivity contribution is 7.98. The van der Waals surface area contributed by atoms with Crippen molar-refractivity contribution in [2.24, 2.45) is 0 Å². The highest BCUT2D eigenvalue weighted by Gasteiger charge is 2.16. The Kier molecular flexibility index (Phi) is 4.35. The van der Waals surface area contributed by atoms with Crippen LogP contribution in [-0.4, -0.2) is 25.8 Å². The summed E-state index contributed by atoms with van der Waals surface area (Å²) < 4.78 is 6.69. The zero-order valence-electron chi connectivity index (χ0n) is 12.4. The average Bonchev–Trinajstić information content (AvgIpc) is 3.18. The van der Waals surface area contributed by atoms with E-state index in [1.165, 1.54) is 34.7 Å². The number of carbonyl (C=O) groups excluding carboxylic acids is 1. The fourth-order valence-electron chi connectivity index (χ4n) is 1.90. The van der Waals surface area contributed by atoms with Gasteiger partial charge in [-0.25, -0.2) is 9.66 Å². The van der Waals surface area contributed by atoms with Crippen molar-refractivity contribution in [3.8, 4) is 11.4 Å². The standard InChI is InChI=1S/C13H14N6O2S2/c1-7-10(3-4-21-7)11-17-18-13(19(11)14)23-6-9-5-22-12(16-9)15-8(2)20/h3-5H,6,14H2,1-2H3,(H,15,16,20). The smallest absolute Gasteiger partial charge is 0.223 e. The first kappa shape index (κ1) is 15.6. The number of nitrogen functional groups attached to an aromatic ring is 1. The molecular weight excluding hydrogens is 336 g/mol. The highest BCUT2D eigenvalue weighted by atomic mass is 32.2. The van der Waals surface area contributed by atoms with Crippen molar-refractivity contribution in [3.05, 3.63) is 29.2 Å². The third-order valence-electron chi connectivity index (χ3n) is 2.95. The van der Waals surface area contributed by atoms with Gasteiger partial charge in [-0.2, -0.15) is 0 Å². The highest BCUT2D eigenvalue weighted by Crippen LogP contribution is 2.27. The van der Waals surface area contributed by atoms with Crippen molar-refractivity contribution < 1.29 is 9.21 Å². The average molecular weight is 350 g/mol. The lowest BCUT2D eigenvalue weighted by Crippen LogP contribution is -2.11. The second-order valence-electron chi connectivity index (χ2n) is 4.68. The molecule has 0 aliphatic rings. The van der Waals surface area contributed by atoms with Gasteiger partial charge < -0.3 is 15.6 Å². The van der Waals surface area contributed by atoms with Gasteiger partial charge in [0, 0.05) is 18.1 Å². The van der Waals surface area contributed by atoms with Gasteiger partial charge in [-0.3, -0.25) is 4.79 Å². The van der Waals surface area contributed by atoms with Crippen LogP contribution in [0.15, 0.2) is 27.3 Å². The van der Waals surface area contributed by atoms with Gasteiger partial charge in [0.25, 0.3) is 0 Å². The molecule has 1 amide bonds. The number of anilines is 1. The number of aryl methyl sites for hydroxylation is 1. The van der Waals surface area contributed by atoms with Gasteiger partial charge in [0.1, 0.15) is 5.76 Å². The van der Waals surface area contributed by atoms with Crippen molar-refractivity contribution in [2.45, 2.75) is 24.8 Å². The Labute approximate surface area is 140 Å². The Morgan fingerprint density at radius 2 is 2.35 bits per heavy atom. The van der Waals surface area contributed by atoms with E-state index in [1.54, 1.807) is 12.3 Å². The summed E-state index contributed by atoms with van der Waals surface area (Å²) >= 11 is 2.80. The number of furan rings is 1. The molecule has 3 aromatic rings. The Bertz CT molecular complexity index is 837. The monoisotopic (exact) mass is 350 g/mol. The molecule has 120 valence electrons. The number of amides is 1. The summed E-state index contributed by atoms with van der Waals surface area (Å²) in [5, 5.41) is 13.9. The lowest BCUT2D eigenvalue weighted by atomic mass is 10.2. The maximum Gasteiger partial charge on any atom is 0.223 e. The number of rotatable bonds is 5. The van der Waals surface area contributed by atoms with E-state index in [0.717, 1.165) is 17.0 Å². The normalized spacial score (nSPS) is 10.9. The molecule has 0 aliphatic heterocycles. The van der Waals surface area contributed by atoms with E-state index in [-0.39, 0.29) is 5.91 Å². The molecule has 23 heavy (non-hydrogen) atoms. The van der Waals surface area contributed by atoms with Crippen molar-refractivity contribution in [2.75, 3.05) is 11.2 Å². The zero-order valence-corrected chi connectivity index (χ0v) is 14.1. The molecule has 0 fully saturated rings. The molecule has 10 heteroatoms. The number of nitrogens with zero attached hydrogens (tertiary/aromatic N) is 4. The Morgan fingerprint density at radius 1 is 1.52 bits per heavy atom. The van der Waals surface area contributed by atoms with Crippen LogP contribution in [0.3, 0.4) is 0 Å². The van der Waals surface area contributed by atoms with Gasteiger partial charge in [-0.1, -0.05) is 11.8 Å². The molecule has 3 aromatic heterocycles. The Morgan fingerprint density at radius 3 is 3.04 bits per heavy atom. The molecule has 3 rings (SSSR count). The van der Waals surface area contributed by atoms with Crippen molar-refractivity contribution in [1.29, 1.82) is 0 Å². The predicted molar refractivity (Wildman–Crippen MR) is 88.6 cm³/mol. The van der Waals surface area contributed by atoms with Gasteiger partial charge in [0.2, 0.25) is 11.1 Å². The van der Waals surface area contributed by atoms with E-state index >= 15 is 0 Å². The lowest BCUT2D eigenvalue weighted by Gasteiger charge is -2.02. The molecule has 0 radical (unpaired) electrons. The first-order valence-corrected chi connectivity index (χ1v) is 8.51. The van der Waals surface area contributed by atoms with Crippen LogP contribution in [0, 0.1) is 6.92 Å². The number of aromatic nitrogens is 4. The summed E-state index contributed by atoms with van der Waals surface area (Å²) in [4.78, 5) is 15.3. The summed E-state index contributed by atoms with van der Waals surface area (Å²) in [7, 11) is 0. The number of hydrogen-bond acceptors (Lipinski definition) is 8. The van der Waals surface area contributed by atoms with Crippen LogP contribution >= 0.6 is 23.1 Å². The minimum atomic E-state index is -0.139. The Balaban J connectivity index is 1.70. The number of thioether (sulfide) groups is 1. The molecule has 3 heterocycles.